The lowest BCUT2D eigenvalue weighted by Gasteiger charge is -2.24. The summed E-state index contributed by atoms with van der Waals surface area (Å²) >= 11 is 3.42. The van der Waals surface area contributed by atoms with Crippen molar-refractivity contribution in [3.05, 3.63) is 34.3 Å². The van der Waals surface area contributed by atoms with Gasteiger partial charge in [-0.15, -0.1) is 0 Å². The van der Waals surface area contributed by atoms with Crippen molar-refractivity contribution in [1.29, 1.82) is 0 Å². The Morgan fingerprint density at radius 2 is 1.88 bits per heavy atom. The molecule has 2 rings (SSSR count). The molecule has 4 heteroatoms. The molecule has 94 valence electrons. The average molecular weight is 301 g/mol. The molecule has 0 amide bonds. The molecular formula is C13H17BrO3. The molecule has 1 aromatic rings. The van der Waals surface area contributed by atoms with Crippen LogP contribution in [0.5, 0.6) is 0 Å². The van der Waals surface area contributed by atoms with E-state index in [2.05, 4.69) is 15.9 Å². The SMILES string of the molecule is CC(OCC1(C)OCCO1)c1ccc(Br)cc1. The van der Waals surface area contributed by atoms with Gasteiger partial charge in [-0.3, -0.25) is 0 Å². The monoisotopic (exact) mass is 300 g/mol. The Morgan fingerprint density at radius 3 is 2.47 bits per heavy atom. The van der Waals surface area contributed by atoms with Gasteiger partial charge in [0.15, 0.2) is 5.79 Å². The van der Waals surface area contributed by atoms with Crippen LogP contribution >= 0.6 is 15.9 Å². The summed E-state index contributed by atoms with van der Waals surface area (Å²) in [6, 6.07) is 8.12. The standard InChI is InChI=1S/C13H17BrO3/c1-10(11-3-5-12(14)6-4-11)15-9-13(2)16-7-8-17-13/h3-6,10H,7-9H2,1-2H3. The van der Waals surface area contributed by atoms with Gasteiger partial charge in [0, 0.05) is 4.47 Å². The first-order valence-corrected chi connectivity index (χ1v) is 6.53. The van der Waals surface area contributed by atoms with Crippen LogP contribution in [0.25, 0.3) is 0 Å². The third-order valence-corrected chi connectivity index (χ3v) is 3.36. The van der Waals surface area contributed by atoms with Gasteiger partial charge in [-0.25, -0.2) is 0 Å². The summed E-state index contributed by atoms with van der Waals surface area (Å²) in [5.74, 6) is -0.580. The third kappa shape index (κ3) is 3.52. The van der Waals surface area contributed by atoms with Crippen molar-refractivity contribution in [3.8, 4) is 0 Å². The second-order valence-corrected chi connectivity index (χ2v) is 5.25. The fourth-order valence-corrected chi connectivity index (χ4v) is 2.01. The van der Waals surface area contributed by atoms with Gasteiger partial charge in [0.2, 0.25) is 0 Å². The maximum atomic E-state index is 5.79. The van der Waals surface area contributed by atoms with Crippen LogP contribution in [0.1, 0.15) is 25.5 Å². The molecule has 0 bridgehead atoms. The quantitative estimate of drug-likeness (QED) is 0.854. The molecule has 1 aliphatic heterocycles. The number of rotatable bonds is 4. The summed E-state index contributed by atoms with van der Waals surface area (Å²) < 4.78 is 17.8. The first-order chi connectivity index (χ1) is 8.09. The summed E-state index contributed by atoms with van der Waals surface area (Å²) in [5, 5.41) is 0. The molecule has 1 aromatic carbocycles. The Morgan fingerprint density at radius 1 is 1.29 bits per heavy atom. The van der Waals surface area contributed by atoms with Crippen molar-refractivity contribution in [2.75, 3.05) is 19.8 Å². The van der Waals surface area contributed by atoms with E-state index < -0.39 is 5.79 Å². The molecule has 1 fully saturated rings. The smallest absolute Gasteiger partial charge is 0.189 e. The zero-order valence-corrected chi connectivity index (χ0v) is 11.7. The number of benzene rings is 1. The van der Waals surface area contributed by atoms with Crippen LogP contribution in [-0.4, -0.2) is 25.6 Å². The molecule has 1 heterocycles. The van der Waals surface area contributed by atoms with E-state index in [-0.39, 0.29) is 6.10 Å². The fourth-order valence-electron chi connectivity index (χ4n) is 1.75. The van der Waals surface area contributed by atoms with Crippen LogP contribution in [0.2, 0.25) is 0 Å². The molecule has 1 saturated heterocycles. The Balaban J connectivity index is 1.88. The lowest BCUT2D eigenvalue weighted by atomic mass is 10.1. The first kappa shape index (κ1) is 13.0. The van der Waals surface area contributed by atoms with E-state index in [1.165, 1.54) is 0 Å². The van der Waals surface area contributed by atoms with E-state index in [4.69, 9.17) is 14.2 Å². The maximum absolute atomic E-state index is 5.79. The Labute approximate surface area is 110 Å². The molecule has 0 aromatic heterocycles. The van der Waals surface area contributed by atoms with Gasteiger partial charge >= 0.3 is 0 Å². The van der Waals surface area contributed by atoms with Crippen molar-refractivity contribution >= 4 is 15.9 Å². The molecule has 0 N–H and O–H groups in total. The summed E-state index contributed by atoms with van der Waals surface area (Å²) in [6.07, 6.45) is 0.0349. The number of hydrogen-bond acceptors (Lipinski definition) is 3. The van der Waals surface area contributed by atoms with Crippen molar-refractivity contribution in [3.63, 3.8) is 0 Å². The average Bonchev–Trinajstić information content (AvgIpc) is 2.75. The van der Waals surface area contributed by atoms with Gasteiger partial charge in [-0.2, -0.15) is 0 Å². The van der Waals surface area contributed by atoms with Crippen molar-refractivity contribution in [2.45, 2.75) is 25.7 Å². The zero-order valence-electron chi connectivity index (χ0n) is 10.1. The second-order valence-electron chi connectivity index (χ2n) is 4.34. The number of hydrogen-bond donors (Lipinski definition) is 0. The highest BCUT2D eigenvalue weighted by molar-refractivity contribution is 9.10. The van der Waals surface area contributed by atoms with Crippen molar-refractivity contribution in [2.24, 2.45) is 0 Å². The topological polar surface area (TPSA) is 27.7 Å². The lowest BCUT2D eigenvalue weighted by molar-refractivity contribution is -0.189. The highest BCUT2D eigenvalue weighted by Gasteiger charge is 2.31. The Kier molecular flexibility index (Phi) is 4.20. The van der Waals surface area contributed by atoms with Crippen LogP contribution in [-0.2, 0) is 14.2 Å². The highest BCUT2D eigenvalue weighted by atomic mass is 79.9. The van der Waals surface area contributed by atoms with Gasteiger partial charge in [-0.05, 0) is 31.5 Å². The number of halogens is 1. The Bertz CT molecular complexity index is 357. The third-order valence-electron chi connectivity index (χ3n) is 2.83. The van der Waals surface area contributed by atoms with Crippen LogP contribution < -0.4 is 0 Å². The van der Waals surface area contributed by atoms with Crippen molar-refractivity contribution < 1.29 is 14.2 Å². The van der Waals surface area contributed by atoms with Crippen LogP contribution in [0.4, 0.5) is 0 Å². The van der Waals surface area contributed by atoms with Gasteiger partial charge in [0.25, 0.3) is 0 Å². The van der Waals surface area contributed by atoms with E-state index >= 15 is 0 Å². The largest absolute Gasteiger partial charge is 0.368 e. The van der Waals surface area contributed by atoms with E-state index in [9.17, 15) is 0 Å². The summed E-state index contributed by atoms with van der Waals surface area (Å²) in [7, 11) is 0. The van der Waals surface area contributed by atoms with Gasteiger partial charge in [0.05, 0.1) is 19.3 Å². The van der Waals surface area contributed by atoms with Crippen LogP contribution in [0.15, 0.2) is 28.7 Å². The molecular weight excluding hydrogens is 284 g/mol. The van der Waals surface area contributed by atoms with Gasteiger partial charge in [-0.1, -0.05) is 28.1 Å². The molecule has 0 aliphatic carbocycles. The molecule has 3 nitrogen and oxygen atoms in total. The van der Waals surface area contributed by atoms with E-state index in [1.54, 1.807) is 0 Å². The van der Waals surface area contributed by atoms with Gasteiger partial charge < -0.3 is 14.2 Å². The minimum Gasteiger partial charge on any atom is -0.368 e. The van der Waals surface area contributed by atoms with Crippen LogP contribution in [0.3, 0.4) is 0 Å². The molecule has 0 radical (unpaired) electrons. The van der Waals surface area contributed by atoms with Crippen LogP contribution in [0, 0.1) is 0 Å². The minimum atomic E-state index is -0.580. The lowest BCUT2D eigenvalue weighted by Crippen LogP contribution is -2.32. The summed E-state index contributed by atoms with van der Waals surface area (Å²) in [5.41, 5.74) is 1.15. The molecule has 0 saturated carbocycles. The van der Waals surface area contributed by atoms with Gasteiger partial charge in [0.1, 0.15) is 6.61 Å². The highest BCUT2D eigenvalue weighted by Crippen LogP contribution is 2.24. The molecule has 1 unspecified atom stereocenters. The summed E-state index contributed by atoms with van der Waals surface area (Å²) in [6.45, 7) is 5.68. The Hall–Kier alpha value is -0.420. The predicted molar refractivity (Wildman–Crippen MR) is 68.8 cm³/mol. The second kappa shape index (κ2) is 5.48. The first-order valence-electron chi connectivity index (χ1n) is 5.74. The maximum Gasteiger partial charge on any atom is 0.189 e. The van der Waals surface area contributed by atoms with E-state index in [0.717, 1.165) is 10.0 Å². The zero-order chi connectivity index (χ0) is 12.3. The minimum absolute atomic E-state index is 0.0349. The van der Waals surface area contributed by atoms with Crippen molar-refractivity contribution in [1.82, 2.24) is 0 Å². The molecule has 0 spiro atoms. The summed E-state index contributed by atoms with van der Waals surface area (Å²) in [4.78, 5) is 0. The fraction of sp³-hybridized carbons (Fsp3) is 0.538. The molecule has 17 heavy (non-hydrogen) atoms. The normalized spacial score (nSPS) is 20.4. The molecule has 1 aliphatic rings. The number of ether oxygens (including phenoxy) is 3. The molecule has 1 atom stereocenters. The van der Waals surface area contributed by atoms with E-state index in [1.807, 2.05) is 38.1 Å². The van der Waals surface area contributed by atoms with E-state index in [0.29, 0.717) is 19.8 Å². The predicted octanol–water partition coefficient (Wildman–Crippen LogP) is 3.29.